The van der Waals surface area contributed by atoms with Crippen molar-refractivity contribution in [2.45, 2.75) is 97.2 Å². The van der Waals surface area contributed by atoms with Crippen LogP contribution in [0.25, 0.3) is 31.9 Å². The van der Waals surface area contributed by atoms with Crippen molar-refractivity contribution in [3.63, 3.8) is 0 Å². The Balaban J connectivity index is 1.68. The summed E-state index contributed by atoms with van der Waals surface area (Å²) in [6.45, 7) is 15.4. The predicted molar refractivity (Wildman–Crippen MR) is 185 cm³/mol. The van der Waals surface area contributed by atoms with E-state index in [0.29, 0.717) is 8.45 Å². The molecule has 7 rings (SSSR count). The van der Waals surface area contributed by atoms with Gasteiger partial charge < -0.3 is 0 Å². The fourth-order valence-electron chi connectivity index (χ4n) is 10.1. The fraction of sp³-hybridized carbons (Fsp3) is 0.400. The zero-order chi connectivity index (χ0) is 29.2. The van der Waals surface area contributed by atoms with Crippen LogP contribution in [-0.4, -0.2) is 8.07 Å². The van der Waals surface area contributed by atoms with Crippen LogP contribution in [0, 0.1) is 0 Å². The van der Waals surface area contributed by atoms with Crippen molar-refractivity contribution in [2.24, 2.45) is 0 Å². The van der Waals surface area contributed by atoms with Crippen molar-refractivity contribution in [1.29, 1.82) is 0 Å². The molecule has 0 nitrogen and oxygen atoms in total. The molecule has 2 atom stereocenters. The quantitative estimate of drug-likeness (QED) is 0.176. The van der Waals surface area contributed by atoms with E-state index in [1.54, 1.807) is 22.3 Å². The Morgan fingerprint density at radius 3 is 1.40 bits per heavy atom. The van der Waals surface area contributed by atoms with E-state index in [0.717, 1.165) is 0 Å². The molecular weight excluding hydrogens is 556 g/mol. The number of unbranched alkanes of at least 4 members (excludes halogenated alkanes) is 2. The molecule has 4 aromatic rings. The molecule has 1 heterocycles. The monoisotopic (exact) mass is 604 g/mol. The van der Waals surface area contributed by atoms with Gasteiger partial charge >= 0.3 is 260 Å². The molecule has 0 aromatic heterocycles. The van der Waals surface area contributed by atoms with Gasteiger partial charge in [0.15, 0.2) is 0 Å². The molecule has 4 bridgehead atoms. The van der Waals surface area contributed by atoms with Crippen LogP contribution in [0.1, 0.15) is 96.9 Å². The number of rotatable bonds is 8. The molecule has 2 unspecified atom stereocenters. The van der Waals surface area contributed by atoms with Crippen molar-refractivity contribution >= 4 is 40.0 Å². The molecule has 2 heteroatoms. The Labute approximate surface area is 258 Å². The molecular formula is C40H48SiTi. The van der Waals surface area contributed by atoms with Gasteiger partial charge in [-0.15, -0.1) is 0 Å². The van der Waals surface area contributed by atoms with Gasteiger partial charge in [0, 0.05) is 0 Å². The molecule has 4 aromatic carbocycles. The van der Waals surface area contributed by atoms with Crippen LogP contribution in [0.3, 0.4) is 0 Å². The Morgan fingerprint density at radius 2 is 1.00 bits per heavy atom. The molecule has 216 valence electrons. The van der Waals surface area contributed by atoms with E-state index in [1.165, 1.54) is 69.5 Å². The van der Waals surface area contributed by atoms with Gasteiger partial charge in [-0.2, -0.15) is 0 Å². The summed E-state index contributed by atoms with van der Waals surface area (Å²) in [6.07, 6.45) is 7.82. The van der Waals surface area contributed by atoms with Gasteiger partial charge in [0.1, 0.15) is 0 Å². The van der Waals surface area contributed by atoms with E-state index in [2.05, 4.69) is 114 Å². The molecule has 42 heavy (non-hydrogen) atoms. The Kier molecular flexibility index (Phi) is 7.32. The first kappa shape index (κ1) is 28.6. The van der Waals surface area contributed by atoms with Gasteiger partial charge in [-0.25, -0.2) is 0 Å². The second-order valence-corrected chi connectivity index (χ2v) is 25.4. The maximum atomic E-state index is 2.74. The zero-order valence-electron chi connectivity index (χ0n) is 26.7. The van der Waals surface area contributed by atoms with Gasteiger partial charge in [0.25, 0.3) is 0 Å². The summed E-state index contributed by atoms with van der Waals surface area (Å²) in [5, 5.41) is 9.58. The van der Waals surface area contributed by atoms with Crippen LogP contribution in [0.15, 0.2) is 83.9 Å². The fourth-order valence-corrected chi connectivity index (χ4v) is 26.7. The van der Waals surface area contributed by atoms with Gasteiger partial charge in [-0.05, 0) is 0 Å². The molecule has 0 amide bonds. The Morgan fingerprint density at radius 1 is 0.571 bits per heavy atom. The molecule has 1 aliphatic heterocycles. The van der Waals surface area contributed by atoms with Crippen molar-refractivity contribution in [1.82, 2.24) is 0 Å². The molecule has 0 saturated heterocycles. The van der Waals surface area contributed by atoms with Gasteiger partial charge in [0.2, 0.25) is 0 Å². The average molecular weight is 605 g/mol. The second kappa shape index (κ2) is 10.8. The molecule has 0 spiro atoms. The third-order valence-electron chi connectivity index (χ3n) is 11.5. The minimum absolute atomic E-state index is 0.694. The first-order chi connectivity index (χ1) is 20.4. The third-order valence-corrected chi connectivity index (χ3v) is 24.8. The van der Waals surface area contributed by atoms with E-state index >= 15 is 0 Å². The normalized spacial score (nSPS) is 21.6. The second-order valence-electron chi connectivity index (χ2n) is 13.9. The summed E-state index contributed by atoms with van der Waals surface area (Å²) in [5.41, 5.74) is 10.7. The van der Waals surface area contributed by atoms with Crippen LogP contribution >= 0.6 is 0 Å². The zero-order valence-corrected chi connectivity index (χ0v) is 29.3. The maximum absolute atomic E-state index is 2.75. The Bertz CT molecular complexity index is 1640. The Hall–Kier alpha value is -2.19. The van der Waals surface area contributed by atoms with Crippen LogP contribution in [-0.2, 0) is 16.6 Å². The summed E-state index contributed by atoms with van der Waals surface area (Å²) >= 11 is -2.75. The number of hydrogen-bond donors (Lipinski definition) is 0. The summed E-state index contributed by atoms with van der Waals surface area (Å²) < 4.78 is 4.39. The van der Waals surface area contributed by atoms with Crippen LogP contribution < -0.4 is 0 Å². The molecule has 2 aliphatic carbocycles. The molecule has 0 radical (unpaired) electrons. The van der Waals surface area contributed by atoms with E-state index in [-0.39, 0.29) is 0 Å². The SMILES string of the molecule is CCC[CH2][Ti]1([CH2]CCC)[CH]2C(CC)=C(c3c2ccc2ccccc32)[Si](C)(C)C2=C(CC)[CH]1c1ccc3ccccc3c12. The third kappa shape index (κ3) is 3.82. The molecule has 0 N–H and O–H groups in total. The topological polar surface area (TPSA) is 0 Å². The summed E-state index contributed by atoms with van der Waals surface area (Å²) in [7, 11) is -2.09. The van der Waals surface area contributed by atoms with Crippen molar-refractivity contribution < 1.29 is 16.6 Å². The van der Waals surface area contributed by atoms with Crippen molar-refractivity contribution in [2.75, 3.05) is 0 Å². The number of benzene rings is 4. The van der Waals surface area contributed by atoms with Gasteiger partial charge in [0.05, 0.1) is 0 Å². The summed E-state index contributed by atoms with van der Waals surface area (Å²) in [5.74, 6) is 0. The first-order valence-corrected chi connectivity index (χ1v) is 24.0. The molecule has 3 aliphatic rings. The van der Waals surface area contributed by atoms with Crippen LogP contribution in [0.2, 0.25) is 22.5 Å². The number of allylic oxidation sites excluding steroid dienone is 2. The minimum atomic E-state index is -2.75. The summed E-state index contributed by atoms with van der Waals surface area (Å²) in [6, 6.07) is 28.9. The van der Waals surface area contributed by atoms with Crippen molar-refractivity contribution in [3.8, 4) is 0 Å². The predicted octanol–water partition coefficient (Wildman–Crippen LogP) is 12.5. The van der Waals surface area contributed by atoms with Crippen LogP contribution in [0.4, 0.5) is 0 Å². The van der Waals surface area contributed by atoms with Crippen LogP contribution in [0.5, 0.6) is 0 Å². The van der Waals surface area contributed by atoms with Crippen molar-refractivity contribution in [3.05, 3.63) is 106 Å². The van der Waals surface area contributed by atoms with E-state index < -0.39 is 24.7 Å². The van der Waals surface area contributed by atoms with Gasteiger partial charge in [-0.1, -0.05) is 0 Å². The molecule has 0 fully saturated rings. The first-order valence-electron chi connectivity index (χ1n) is 17.0. The van der Waals surface area contributed by atoms with E-state index in [1.807, 2.05) is 21.5 Å². The summed E-state index contributed by atoms with van der Waals surface area (Å²) in [4.78, 5) is 0. The number of hydrogen-bond acceptors (Lipinski definition) is 0. The van der Waals surface area contributed by atoms with E-state index in [4.69, 9.17) is 0 Å². The number of fused-ring (bicyclic) bond motifs is 12. The standard InChI is InChI=1S/C32H30Si.2C4H9.Ti/c1-5-21-19-25-17-15-23-11-7-9-13-27(23)29(25)31(21)33(3,4)32-22(6-2)20-26-18-16-24-12-8-10-14-28(24)30(26)32;2*1-3-4-2;/h7-20H,5-6H2,1-4H3;2*1,3-4H2,2H3;. The molecule has 0 saturated carbocycles. The average Bonchev–Trinajstić information content (AvgIpc) is 3.57. The van der Waals surface area contributed by atoms with Gasteiger partial charge in [-0.3, -0.25) is 0 Å². The van der Waals surface area contributed by atoms with E-state index in [9.17, 15) is 0 Å².